The van der Waals surface area contributed by atoms with Gasteiger partial charge in [0.1, 0.15) is 0 Å². The summed E-state index contributed by atoms with van der Waals surface area (Å²) < 4.78 is 9.58. The van der Waals surface area contributed by atoms with Crippen molar-refractivity contribution >= 4 is 17.1 Å². The van der Waals surface area contributed by atoms with E-state index >= 15 is 0 Å². The highest BCUT2D eigenvalue weighted by molar-refractivity contribution is 5.92. The molecule has 0 aliphatic heterocycles. The lowest BCUT2D eigenvalue weighted by molar-refractivity contribution is 0.100. The molecule has 0 spiro atoms. The molecule has 9 nitrogen and oxygen atoms in total. The summed E-state index contributed by atoms with van der Waals surface area (Å²) >= 11 is 0. The molecular weight excluding hydrogens is 374 g/mol. The Kier molecular flexibility index (Phi) is 5.97. The number of carbonyl (C=O) groups is 1. The molecule has 0 atom stereocenters. The molecule has 3 aromatic rings. The first-order chi connectivity index (χ1) is 13.8. The highest BCUT2D eigenvalue weighted by Gasteiger charge is 2.19. The summed E-state index contributed by atoms with van der Waals surface area (Å²) in [7, 11) is 1.59. The smallest absolute Gasteiger partial charge is 0.333 e. The van der Waals surface area contributed by atoms with Gasteiger partial charge >= 0.3 is 5.69 Å². The van der Waals surface area contributed by atoms with E-state index < -0.39 is 17.2 Å². The maximum absolute atomic E-state index is 13.2. The Morgan fingerprint density at radius 2 is 1.86 bits per heavy atom. The quantitative estimate of drug-likeness (QED) is 0.602. The molecule has 0 aliphatic rings. The lowest BCUT2D eigenvalue weighted by atomic mass is 10.1. The Labute approximate surface area is 167 Å². The van der Waals surface area contributed by atoms with Gasteiger partial charge in [-0.15, -0.1) is 0 Å². The van der Waals surface area contributed by atoms with Gasteiger partial charge in [0.05, 0.1) is 19.5 Å². The van der Waals surface area contributed by atoms with Gasteiger partial charge in [-0.2, -0.15) is 0 Å². The van der Waals surface area contributed by atoms with Gasteiger partial charge in [-0.3, -0.25) is 18.7 Å². The fourth-order valence-corrected chi connectivity index (χ4v) is 3.22. The second-order valence-corrected chi connectivity index (χ2v) is 7.34. The Morgan fingerprint density at radius 1 is 1.17 bits per heavy atom. The average molecular weight is 399 g/mol. The molecule has 0 unspecified atom stereocenters. The molecule has 3 rings (SSSR count). The first-order valence-corrected chi connectivity index (χ1v) is 9.39. The fraction of sp³-hybridized carbons (Fsp3) is 0.400. The standard InChI is InChI=1S/C20H25N5O4/c1-13(2)10-24-18-16(23(12-22-18)8-9-29-3)19(27)25(20(24)28)11-14-4-6-15(7-5-14)17(21)26/h4-7,12-13H,8-11H2,1-3H3,(H2,21,26). The topological polar surface area (TPSA) is 114 Å². The SMILES string of the molecule is COCCn1cnc2c1c(=O)n(Cc1ccc(C(N)=O)cc1)c(=O)n2CC(C)C. The van der Waals surface area contributed by atoms with Crippen LogP contribution >= 0.6 is 0 Å². The van der Waals surface area contributed by atoms with Gasteiger partial charge in [-0.1, -0.05) is 26.0 Å². The number of rotatable bonds is 8. The summed E-state index contributed by atoms with van der Waals surface area (Å²) in [6, 6.07) is 6.53. The van der Waals surface area contributed by atoms with Gasteiger partial charge < -0.3 is 15.0 Å². The molecule has 0 radical (unpaired) electrons. The van der Waals surface area contributed by atoms with Gasteiger partial charge in [0.2, 0.25) is 5.91 Å². The zero-order chi connectivity index (χ0) is 21.1. The van der Waals surface area contributed by atoms with Crippen molar-refractivity contribution in [3.05, 3.63) is 62.6 Å². The first-order valence-electron chi connectivity index (χ1n) is 9.39. The third-order valence-electron chi connectivity index (χ3n) is 4.65. The van der Waals surface area contributed by atoms with Crippen LogP contribution in [0.15, 0.2) is 40.2 Å². The number of fused-ring (bicyclic) bond motifs is 1. The summed E-state index contributed by atoms with van der Waals surface area (Å²) in [6.45, 7) is 5.40. The van der Waals surface area contributed by atoms with Crippen molar-refractivity contribution in [3.63, 3.8) is 0 Å². The number of aromatic nitrogens is 4. The first kappa shape index (κ1) is 20.5. The third-order valence-corrected chi connectivity index (χ3v) is 4.65. The number of imidazole rings is 1. The van der Waals surface area contributed by atoms with Crippen molar-refractivity contribution < 1.29 is 9.53 Å². The molecule has 9 heteroatoms. The van der Waals surface area contributed by atoms with E-state index in [0.717, 1.165) is 0 Å². The molecule has 0 fully saturated rings. The number of carbonyl (C=O) groups excluding carboxylic acids is 1. The van der Waals surface area contributed by atoms with Crippen LogP contribution < -0.4 is 17.0 Å². The maximum atomic E-state index is 13.2. The van der Waals surface area contributed by atoms with Crippen LogP contribution in [0, 0.1) is 5.92 Å². The normalized spacial score (nSPS) is 11.4. The highest BCUT2D eigenvalue weighted by atomic mass is 16.5. The zero-order valence-corrected chi connectivity index (χ0v) is 16.8. The summed E-state index contributed by atoms with van der Waals surface area (Å²) in [5.41, 5.74) is 6.29. The maximum Gasteiger partial charge on any atom is 0.333 e. The third kappa shape index (κ3) is 4.14. The molecule has 154 valence electrons. The Hall–Kier alpha value is -3.20. The number of primary amides is 1. The number of nitrogens with zero attached hydrogens (tertiary/aromatic N) is 4. The predicted octanol–water partition coefficient (Wildman–Crippen LogP) is 0.809. The van der Waals surface area contributed by atoms with Crippen LogP contribution in [0.4, 0.5) is 0 Å². The molecule has 2 N–H and O–H groups in total. The Balaban J connectivity index is 2.15. The summed E-state index contributed by atoms with van der Waals surface area (Å²) in [5.74, 6) is -0.336. The number of methoxy groups -OCH3 is 1. The van der Waals surface area contributed by atoms with Gasteiger partial charge in [0.25, 0.3) is 5.56 Å². The highest BCUT2D eigenvalue weighted by Crippen LogP contribution is 2.10. The largest absolute Gasteiger partial charge is 0.383 e. The van der Waals surface area contributed by atoms with Crippen molar-refractivity contribution in [2.75, 3.05) is 13.7 Å². The van der Waals surface area contributed by atoms with Crippen LogP contribution in [-0.4, -0.2) is 38.3 Å². The number of amides is 1. The summed E-state index contributed by atoms with van der Waals surface area (Å²) in [4.78, 5) is 41.9. The van der Waals surface area contributed by atoms with E-state index in [4.69, 9.17) is 10.5 Å². The number of nitrogens with two attached hydrogens (primary N) is 1. The van der Waals surface area contributed by atoms with Crippen LogP contribution in [0.1, 0.15) is 29.8 Å². The predicted molar refractivity (Wildman–Crippen MR) is 109 cm³/mol. The van der Waals surface area contributed by atoms with E-state index in [0.29, 0.717) is 42.0 Å². The Bertz CT molecular complexity index is 1140. The summed E-state index contributed by atoms with van der Waals surface area (Å²) in [5, 5.41) is 0. The molecule has 1 amide bonds. The second kappa shape index (κ2) is 8.44. The van der Waals surface area contributed by atoms with Crippen molar-refractivity contribution in [2.24, 2.45) is 11.7 Å². The van der Waals surface area contributed by atoms with Gasteiger partial charge in [0.15, 0.2) is 11.2 Å². The van der Waals surface area contributed by atoms with Crippen LogP contribution in [0.3, 0.4) is 0 Å². The number of ether oxygens (including phenoxy) is 1. The fourth-order valence-electron chi connectivity index (χ4n) is 3.22. The van der Waals surface area contributed by atoms with E-state index in [1.165, 1.54) is 4.57 Å². The van der Waals surface area contributed by atoms with E-state index in [2.05, 4.69) is 4.98 Å². The average Bonchev–Trinajstić information content (AvgIpc) is 3.11. The van der Waals surface area contributed by atoms with Gasteiger partial charge in [0, 0.05) is 25.8 Å². The Morgan fingerprint density at radius 3 is 2.45 bits per heavy atom. The van der Waals surface area contributed by atoms with E-state index in [1.54, 1.807) is 46.8 Å². The van der Waals surface area contributed by atoms with Crippen molar-refractivity contribution in [1.82, 2.24) is 18.7 Å². The van der Waals surface area contributed by atoms with Crippen molar-refractivity contribution in [3.8, 4) is 0 Å². The molecule has 2 heterocycles. The molecule has 29 heavy (non-hydrogen) atoms. The molecule has 1 aromatic carbocycles. The minimum Gasteiger partial charge on any atom is -0.383 e. The number of hydrogen-bond acceptors (Lipinski definition) is 5. The number of hydrogen-bond donors (Lipinski definition) is 1. The van der Waals surface area contributed by atoms with Crippen LogP contribution in [0.2, 0.25) is 0 Å². The molecule has 0 bridgehead atoms. The minimum absolute atomic E-state index is 0.0835. The summed E-state index contributed by atoms with van der Waals surface area (Å²) in [6.07, 6.45) is 1.56. The van der Waals surface area contributed by atoms with Gasteiger partial charge in [-0.05, 0) is 23.6 Å². The molecule has 2 aromatic heterocycles. The van der Waals surface area contributed by atoms with E-state index in [9.17, 15) is 14.4 Å². The van der Waals surface area contributed by atoms with Crippen molar-refractivity contribution in [1.29, 1.82) is 0 Å². The van der Waals surface area contributed by atoms with Crippen LogP contribution in [-0.2, 0) is 24.4 Å². The molecule has 0 saturated carbocycles. The zero-order valence-electron chi connectivity index (χ0n) is 16.8. The van der Waals surface area contributed by atoms with Gasteiger partial charge in [-0.25, -0.2) is 9.78 Å². The van der Waals surface area contributed by atoms with E-state index in [1.807, 2.05) is 13.8 Å². The van der Waals surface area contributed by atoms with Crippen LogP contribution in [0.25, 0.3) is 11.2 Å². The molecule has 0 aliphatic carbocycles. The number of benzene rings is 1. The lowest BCUT2D eigenvalue weighted by Gasteiger charge is -2.14. The van der Waals surface area contributed by atoms with Crippen molar-refractivity contribution in [2.45, 2.75) is 33.5 Å². The molecule has 0 saturated heterocycles. The lowest BCUT2D eigenvalue weighted by Crippen LogP contribution is -2.41. The second-order valence-electron chi connectivity index (χ2n) is 7.34. The van der Waals surface area contributed by atoms with Crippen LogP contribution in [0.5, 0.6) is 0 Å². The van der Waals surface area contributed by atoms with E-state index in [-0.39, 0.29) is 12.5 Å². The minimum atomic E-state index is -0.531. The monoisotopic (exact) mass is 399 g/mol. The molecular formula is C20H25N5O4.